The molecule has 210 valence electrons. The smallest absolute Gasteiger partial charge is 0.379 e. The van der Waals surface area contributed by atoms with Crippen molar-refractivity contribution in [3.05, 3.63) is 181 Å². The standard InChI is InChI=1S/C38H25N2O4/c41-37-29(19-25-21-33(27-11-3-1-4-12-27)43-35(23-25)31-15-7-9-17-39-31)38(42)30(37)20-26-22-34(28-13-5-2-6-14-28)44-36(24-26)32-16-8-10-18-40-32/h1-25H/q+1. The van der Waals surface area contributed by atoms with Crippen LogP contribution < -0.4 is 21.3 Å². The van der Waals surface area contributed by atoms with Gasteiger partial charge >= 0.3 is 11.5 Å². The van der Waals surface area contributed by atoms with Gasteiger partial charge in [0.15, 0.2) is 5.69 Å². The number of hydrogen-bond acceptors (Lipinski definition) is 5. The molecule has 1 unspecified atom stereocenters. The maximum atomic E-state index is 13.4. The Balaban J connectivity index is 1.31. The Kier molecular flexibility index (Phi) is 7.14. The van der Waals surface area contributed by atoms with Gasteiger partial charge in [0.05, 0.1) is 28.1 Å². The molecule has 1 aliphatic heterocycles. The third-order valence-electron chi connectivity index (χ3n) is 7.32. The highest BCUT2D eigenvalue weighted by Gasteiger charge is 2.22. The summed E-state index contributed by atoms with van der Waals surface area (Å²) in [6.45, 7) is 0. The maximum Gasteiger partial charge on any atom is 0.379 e. The number of ether oxygens (including phenoxy) is 1. The second-order valence-corrected chi connectivity index (χ2v) is 10.3. The van der Waals surface area contributed by atoms with E-state index in [1.165, 1.54) is 0 Å². The van der Waals surface area contributed by atoms with Crippen LogP contribution >= 0.6 is 0 Å². The van der Waals surface area contributed by atoms with Crippen molar-refractivity contribution in [3.8, 4) is 22.8 Å². The Hall–Kier alpha value is -6.01. The van der Waals surface area contributed by atoms with Crippen LogP contribution in [0.5, 0.6) is 0 Å². The van der Waals surface area contributed by atoms with Crippen molar-refractivity contribution in [2.75, 3.05) is 0 Å². The summed E-state index contributed by atoms with van der Waals surface area (Å²) < 4.78 is 12.4. The first kappa shape index (κ1) is 26.9. The number of nitrogens with zero attached hydrogens (tertiary/aromatic N) is 2. The lowest BCUT2D eigenvalue weighted by Gasteiger charge is -2.20. The third-order valence-corrected chi connectivity index (χ3v) is 7.32. The van der Waals surface area contributed by atoms with Crippen LogP contribution in [0.3, 0.4) is 0 Å². The molecule has 0 spiro atoms. The quantitative estimate of drug-likeness (QED) is 0.241. The summed E-state index contributed by atoms with van der Waals surface area (Å²) in [6, 6.07) is 34.1. The normalized spacial score (nSPS) is 14.3. The molecular weight excluding hydrogens is 548 g/mol. The summed E-state index contributed by atoms with van der Waals surface area (Å²) in [5.74, 6) is 1.98. The summed E-state index contributed by atoms with van der Waals surface area (Å²) in [7, 11) is 0. The number of rotatable bonds is 6. The van der Waals surface area contributed by atoms with E-state index >= 15 is 0 Å². The Labute approximate surface area is 252 Å². The van der Waals surface area contributed by atoms with Crippen molar-refractivity contribution in [3.63, 3.8) is 0 Å². The van der Waals surface area contributed by atoms with Crippen LogP contribution in [0.25, 0.3) is 46.4 Å². The zero-order chi connectivity index (χ0) is 29.9. The minimum Gasteiger partial charge on any atom is -0.455 e. The summed E-state index contributed by atoms with van der Waals surface area (Å²) in [6.07, 6.45) is 10.5. The van der Waals surface area contributed by atoms with E-state index in [2.05, 4.69) is 9.97 Å². The molecule has 1 atom stereocenters. The van der Waals surface area contributed by atoms with Gasteiger partial charge in [-0.05, 0) is 60.2 Å². The van der Waals surface area contributed by atoms with Crippen molar-refractivity contribution in [2.24, 2.45) is 5.92 Å². The van der Waals surface area contributed by atoms with E-state index in [1.807, 2.05) is 115 Å². The monoisotopic (exact) mass is 573 g/mol. The van der Waals surface area contributed by atoms with E-state index in [1.54, 1.807) is 30.6 Å². The number of hydrogen-bond donors (Lipinski definition) is 0. The number of benzene rings is 2. The predicted octanol–water partition coefficient (Wildman–Crippen LogP) is 5.62. The van der Waals surface area contributed by atoms with Crippen LogP contribution in [-0.2, 0) is 4.74 Å². The van der Waals surface area contributed by atoms with E-state index in [4.69, 9.17) is 9.15 Å². The molecule has 0 fully saturated rings. The first-order valence-corrected chi connectivity index (χ1v) is 14.2. The minimum absolute atomic E-state index is 0.127. The molecular formula is C38H25N2O4+. The highest BCUT2D eigenvalue weighted by molar-refractivity contribution is 5.74. The fourth-order valence-electron chi connectivity index (χ4n) is 5.14. The average molecular weight is 574 g/mol. The molecule has 0 radical (unpaired) electrons. The van der Waals surface area contributed by atoms with Gasteiger partial charge < -0.3 is 4.74 Å². The van der Waals surface area contributed by atoms with Crippen LogP contribution in [0.1, 0.15) is 16.8 Å². The van der Waals surface area contributed by atoms with Crippen LogP contribution in [0.2, 0.25) is 0 Å². The molecule has 6 aromatic rings. The van der Waals surface area contributed by atoms with Crippen molar-refractivity contribution in [1.29, 1.82) is 0 Å². The minimum atomic E-state index is -0.351. The van der Waals surface area contributed by atoms with E-state index in [0.717, 1.165) is 11.1 Å². The van der Waals surface area contributed by atoms with E-state index in [-0.39, 0.29) is 27.2 Å². The Bertz CT molecular complexity index is 2070. The molecule has 0 amide bonds. The lowest BCUT2D eigenvalue weighted by atomic mass is 9.98. The topological polar surface area (TPSA) is 80.5 Å². The highest BCUT2D eigenvalue weighted by Crippen LogP contribution is 2.32. The number of aromatic nitrogens is 2. The van der Waals surface area contributed by atoms with Crippen molar-refractivity contribution >= 4 is 23.7 Å². The number of pyridine rings is 2. The second kappa shape index (κ2) is 11.7. The van der Waals surface area contributed by atoms with Gasteiger partial charge in [0, 0.05) is 23.9 Å². The van der Waals surface area contributed by atoms with Crippen molar-refractivity contribution in [2.45, 2.75) is 0 Å². The molecule has 3 aromatic heterocycles. The SMILES string of the molecule is O=c1c(=Cc2cc(-c3ccccc3)[o+]c(-c3ccccn3)c2)c(=O)c1=CC1C=C(c2ccccc2)OC(c2ccccn2)=C1. The van der Waals surface area contributed by atoms with Gasteiger partial charge in [0.25, 0.3) is 0 Å². The average Bonchev–Trinajstić information content (AvgIpc) is 3.10. The van der Waals surface area contributed by atoms with Gasteiger partial charge in [-0.3, -0.25) is 14.6 Å². The Morgan fingerprint density at radius 3 is 1.86 bits per heavy atom. The maximum absolute atomic E-state index is 13.4. The lowest BCUT2D eigenvalue weighted by molar-refractivity contribution is 0.456. The van der Waals surface area contributed by atoms with E-state index < -0.39 is 0 Å². The second-order valence-electron chi connectivity index (χ2n) is 10.3. The van der Waals surface area contributed by atoms with Gasteiger partial charge in [0.2, 0.25) is 10.9 Å². The van der Waals surface area contributed by atoms with Crippen LogP contribution in [0, 0.1) is 5.92 Å². The predicted molar refractivity (Wildman–Crippen MR) is 172 cm³/mol. The molecule has 3 aromatic carbocycles. The van der Waals surface area contributed by atoms with E-state index in [0.29, 0.717) is 40.0 Å². The summed E-state index contributed by atoms with van der Waals surface area (Å²) in [5.41, 5.74) is 3.13. The molecule has 7 rings (SSSR count). The fraction of sp³-hybridized carbons (Fsp3) is 0.0263. The molecule has 6 heteroatoms. The van der Waals surface area contributed by atoms with Crippen molar-refractivity contribution < 1.29 is 9.15 Å². The molecule has 0 N–H and O–H groups in total. The first-order valence-electron chi connectivity index (χ1n) is 14.2. The molecule has 0 bridgehead atoms. The summed E-state index contributed by atoms with van der Waals surface area (Å²) in [4.78, 5) is 35.6. The third kappa shape index (κ3) is 5.44. The Morgan fingerprint density at radius 1 is 0.614 bits per heavy atom. The summed E-state index contributed by atoms with van der Waals surface area (Å²) in [5, 5.41) is 0.277. The molecule has 0 saturated carbocycles. The fourth-order valence-corrected chi connectivity index (χ4v) is 5.14. The molecule has 6 nitrogen and oxygen atoms in total. The first-order chi connectivity index (χ1) is 21.6. The van der Waals surface area contributed by atoms with E-state index in [9.17, 15) is 9.59 Å². The lowest BCUT2D eigenvalue weighted by Crippen LogP contribution is -2.64. The number of allylic oxidation sites excluding steroid dienone is 2. The van der Waals surface area contributed by atoms with Crippen LogP contribution in [-0.4, -0.2) is 9.97 Å². The van der Waals surface area contributed by atoms with Gasteiger partial charge in [-0.25, -0.2) is 9.40 Å². The largest absolute Gasteiger partial charge is 0.455 e. The van der Waals surface area contributed by atoms with Crippen LogP contribution in [0.4, 0.5) is 0 Å². The zero-order valence-corrected chi connectivity index (χ0v) is 23.5. The zero-order valence-electron chi connectivity index (χ0n) is 23.5. The van der Waals surface area contributed by atoms with Crippen molar-refractivity contribution in [1.82, 2.24) is 9.97 Å². The van der Waals surface area contributed by atoms with Gasteiger partial charge in [-0.15, -0.1) is 0 Å². The van der Waals surface area contributed by atoms with Gasteiger partial charge in [-0.2, -0.15) is 0 Å². The Morgan fingerprint density at radius 2 is 1.20 bits per heavy atom. The molecule has 44 heavy (non-hydrogen) atoms. The summed E-state index contributed by atoms with van der Waals surface area (Å²) >= 11 is 0. The van der Waals surface area contributed by atoms with Gasteiger partial charge in [0.1, 0.15) is 17.2 Å². The van der Waals surface area contributed by atoms with Crippen LogP contribution in [0.15, 0.2) is 148 Å². The molecule has 4 heterocycles. The highest BCUT2D eigenvalue weighted by atomic mass is 16.5. The molecule has 0 aliphatic carbocycles. The van der Waals surface area contributed by atoms with Gasteiger partial charge in [-0.1, -0.05) is 66.7 Å². The molecule has 0 saturated heterocycles. The molecule has 1 aliphatic rings.